The second-order valence-corrected chi connectivity index (χ2v) is 4.87. The molecule has 0 saturated carbocycles. The van der Waals surface area contributed by atoms with Crippen molar-refractivity contribution in [2.45, 2.75) is 19.6 Å². The maximum Gasteiger partial charge on any atom is 0.339 e. The van der Waals surface area contributed by atoms with Gasteiger partial charge in [-0.25, -0.2) is 4.79 Å². The van der Waals surface area contributed by atoms with E-state index in [9.17, 15) is 4.79 Å². The summed E-state index contributed by atoms with van der Waals surface area (Å²) in [6, 6.07) is 0. The zero-order valence-corrected chi connectivity index (χ0v) is 10.0. The van der Waals surface area contributed by atoms with Crippen LogP contribution in [0.2, 0.25) is 0 Å². The zero-order valence-electron chi connectivity index (χ0n) is 9.23. The third-order valence-electron chi connectivity index (χ3n) is 1.98. The molecule has 0 aliphatic heterocycles. The van der Waals surface area contributed by atoms with Gasteiger partial charge in [-0.1, -0.05) is 13.8 Å². The van der Waals surface area contributed by atoms with Crippen molar-refractivity contribution in [3.8, 4) is 0 Å². The van der Waals surface area contributed by atoms with Crippen LogP contribution in [0.5, 0.6) is 0 Å². The molecule has 0 aliphatic carbocycles. The van der Waals surface area contributed by atoms with Crippen LogP contribution in [0.15, 0.2) is 6.20 Å². The van der Waals surface area contributed by atoms with Gasteiger partial charge < -0.3 is 5.11 Å². The van der Waals surface area contributed by atoms with E-state index in [1.54, 1.807) is 23.5 Å². The number of hydrogen-bond donors (Lipinski definition) is 1. The fourth-order valence-corrected chi connectivity index (χ4v) is 2.33. The number of aryl methyl sites for hydroxylation is 1. The van der Waals surface area contributed by atoms with Gasteiger partial charge in [-0.15, -0.1) is 0 Å². The number of carbonyl (C=O) groups is 1. The summed E-state index contributed by atoms with van der Waals surface area (Å²) in [6.45, 7) is 4.29. The number of aromatic carboxylic acids is 1. The molecular weight excluding hydrogens is 212 g/mol. The molecule has 0 atom stereocenters. The van der Waals surface area contributed by atoms with Crippen LogP contribution >= 0.6 is 11.8 Å². The first-order chi connectivity index (χ1) is 7.02. The third-order valence-corrected chi connectivity index (χ3v) is 3.36. The molecule has 4 nitrogen and oxygen atoms in total. The number of carboxylic acids is 1. The van der Waals surface area contributed by atoms with Gasteiger partial charge in [0.25, 0.3) is 0 Å². The van der Waals surface area contributed by atoms with E-state index >= 15 is 0 Å². The van der Waals surface area contributed by atoms with Gasteiger partial charge in [-0.3, -0.25) is 4.68 Å². The smallest absolute Gasteiger partial charge is 0.339 e. The van der Waals surface area contributed by atoms with E-state index in [0.29, 0.717) is 17.2 Å². The maximum atomic E-state index is 10.9. The summed E-state index contributed by atoms with van der Waals surface area (Å²) in [5.41, 5.74) is 1.10. The van der Waals surface area contributed by atoms with Gasteiger partial charge in [0.2, 0.25) is 0 Å². The van der Waals surface area contributed by atoms with Crippen LogP contribution in [0.3, 0.4) is 0 Å². The van der Waals surface area contributed by atoms with Gasteiger partial charge in [0.15, 0.2) is 0 Å². The number of hydrogen-bond acceptors (Lipinski definition) is 3. The van der Waals surface area contributed by atoms with Gasteiger partial charge in [0.1, 0.15) is 5.56 Å². The molecule has 1 aromatic heterocycles. The average Bonchev–Trinajstić information content (AvgIpc) is 2.47. The third kappa shape index (κ3) is 3.27. The van der Waals surface area contributed by atoms with Crippen LogP contribution in [-0.2, 0) is 12.8 Å². The predicted molar refractivity (Wildman–Crippen MR) is 61.2 cm³/mol. The van der Waals surface area contributed by atoms with Gasteiger partial charge in [0.05, 0.1) is 11.9 Å². The molecule has 1 rings (SSSR count). The van der Waals surface area contributed by atoms with Crippen LogP contribution < -0.4 is 0 Å². The standard InChI is InChI=1S/C10H16N2O2S/c1-7(2)5-15-6-9-8(10(13)14)4-11-12(9)3/h4,7H,5-6H2,1-3H3,(H,13,14). The lowest BCUT2D eigenvalue weighted by Crippen LogP contribution is -2.04. The Morgan fingerprint density at radius 1 is 1.67 bits per heavy atom. The number of carboxylic acid groups (broad SMARTS) is 1. The van der Waals surface area contributed by atoms with Crippen LogP contribution in [0.4, 0.5) is 0 Å². The number of thioether (sulfide) groups is 1. The first-order valence-corrected chi connectivity index (χ1v) is 5.99. The van der Waals surface area contributed by atoms with E-state index in [4.69, 9.17) is 5.11 Å². The molecule has 0 fully saturated rings. The minimum absolute atomic E-state index is 0.314. The van der Waals surface area contributed by atoms with E-state index in [2.05, 4.69) is 18.9 Å². The monoisotopic (exact) mass is 228 g/mol. The SMILES string of the molecule is CC(C)CSCc1c(C(=O)O)cnn1C. The average molecular weight is 228 g/mol. The number of aromatic nitrogens is 2. The second kappa shape index (κ2) is 5.21. The van der Waals surface area contributed by atoms with Crippen molar-refractivity contribution in [1.82, 2.24) is 9.78 Å². The molecule has 84 valence electrons. The maximum absolute atomic E-state index is 10.9. The first kappa shape index (κ1) is 12.1. The van der Waals surface area contributed by atoms with E-state index in [-0.39, 0.29) is 0 Å². The summed E-state index contributed by atoms with van der Waals surface area (Å²) in [7, 11) is 1.78. The molecule has 1 aromatic rings. The predicted octanol–water partition coefficient (Wildman–Crippen LogP) is 2.01. The molecule has 5 heteroatoms. The van der Waals surface area contributed by atoms with Gasteiger partial charge in [-0.05, 0) is 11.7 Å². The lowest BCUT2D eigenvalue weighted by atomic mass is 10.3. The largest absolute Gasteiger partial charge is 0.478 e. The minimum Gasteiger partial charge on any atom is -0.478 e. The van der Waals surface area contributed by atoms with E-state index in [1.165, 1.54) is 6.20 Å². The van der Waals surface area contributed by atoms with Crippen LogP contribution in [0.1, 0.15) is 29.9 Å². The molecule has 0 spiro atoms. The Labute approximate surface area is 93.7 Å². The zero-order chi connectivity index (χ0) is 11.4. The Morgan fingerprint density at radius 2 is 2.33 bits per heavy atom. The lowest BCUT2D eigenvalue weighted by molar-refractivity contribution is 0.0696. The molecule has 0 radical (unpaired) electrons. The fraction of sp³-hybridized carbons (Fsp3) is 0.600. The fourth-order valence-electron chi connectivity index (χ4n) is 1.20. The van der Waals surface area contributed by atoms with Crippen molar-refractivity contribution in [3.05, 3.63) is 17.5 Å². The first-order valence-electron chi connectivity index (χ1n) is 4.84. The summed E-state index contributed by atoms with van der Waals surface area (Å²) in [6.07, 6.45) is 1.41. The summed E-state index contributed by atoms with van der Waals surface area (Å²) in [5, 5.41) is 12.9. The van der Waals surface area contributed by atoms with E-state index in [1.807, 2.05) is 0 Å². The Morgan fingerprint density at radius 3 is 2.87 bits per heavy atom. The summed E-state index contributed by atoms with van der Waals surface area (Å²) >= 11 is 1.74. The minimum atomic E-state index is -0.900. The molecule has 0 aliphatic rings. The van der Waals surface area contributed by atoms with E-state index < -0.39 is 5.97 Å². The highest BCUT2D eigenvalue weighted by atomic mass is 32.2. The van der Waals surface area contributed by atoms with Crippen molar-refractivity contribution in [2.75, 3.05) is 5.75 Å². The van der Waals surface area contributed by atoms with Crippen LogP contribution in [0.25, 0.3) is 0 Å². The van der Waals surface area contributed by atoms with Crippen molar-refractivity contribution >= 4 is 17.7 Å². The number of rotatable bonds is 5. The molecular formula is C10H16N2O2S. The van der Waals surface area contributed by atoms with Crippen molar-refractivity contribution in [3.63, 3.8) is 0 Å². The van der Waals surface area contributed by atoms with Crippen molar-refractivity contribution in [1.29, 1.82) is 0 Å². The highest BCUT2D eigenvalue weighted by molar-refractivity contribution is 7.98. The molecule has 1 heterocycles. The Bertz CT molecular complexity index is 347. The van der Waals surface area contributed by atoms with E-state index in [0.717, 1.165) is 11.4 Å². The summed E-state index contributed by atoms with van der Waals surface area (Å²) < 4.78 is 1.64. The quantitative estimate of drug-likeness (QED) is 0.837. The molecule has 0 saturated heterocycles. The Kier molecular flexibility index (Phi) is 4.20. The molecule has 0 unspecified atom stereocenters. The van der Waals surface area contributed by atoms with Crippen LogP contribution in [-0.4, -0.2) is 26.6 Å². The normalized spacial score (nSPS) is 10.9. The van der Waals surface area contributed by atoms with Crippen molar-refractivity contribution < 1.29 is 9.90 Å². The van der Waals surface area contributed by atoms with Gasteiger partial charge in [0, 0.05) is 12.8 Å². The molecule has 0 aromatic carbocycles. The summed E-state index contributed by atoms with van der Waals surface area (Å²) in [5.74, 6) is 1.46. The lowest BCUT2D eigenvalue weighted by Gasteiger charge is -2.05. The highest BCUT2D eigenvalue weighted by Crippen LogP contribution is 2.18. The molecule has 1 N–H and O–H groups in total. The molecule has 15 heavy (non-hydrogen) atoms. The Hall–Kier alpha value is -0.970. The van der Waals surface area contributed by atoms with Gasteiger partial charge in [-0.2, -0.15) is 16.9 Å². The van der Waals surface area contributed by atoms with Crippen molar-refractivity contribution in [2.24, 2.45) is 13.0 Å². The van der Waals surface area contributed by atoms with Gasteiger partial charge >= 0.3 is 5.97 Å². The van der Waals surface area contributed by atoms with Crippen LogP contribution in [0, 0.1) is 5.92 Å². The molecule has 0 amide bonds. The second-order valence-electron chi connectivity index (χ2n) is 3.84. The topological polar surface area (TPSA) is 55.1 Å². The number of nitrogens with zero attached hydrogens (tertiary/aromatic N) is 2. The highest BCUT2D eigenvalue weighted by Gasteiger charge is 2.14. The molecule has 0 bridgehead atoms. The summed E-state index contributed by atoms with van der Waals surface area (Å²) in [4.78, 5) is 10.9. The Balaban J connectivity index is 2.66.